The Morgan fingerprint density at radius 1 is 0.966 bits per heavy atom. The minimum Gasteiger partial charge on any atom is -0.497 e. The first-order valence-corrected chi connectivity index (χ1v) is 9.30. The quantitative estimate of drug-likeness (QED) is 0.226. The summed E-state index contributed by atoms with van der Waals surface area (Å²) in [6, 6.07) is 19.5. The van der Waals surface area contributed by atoms with Gasteiger partial charge in [0.25, 0.3) is 0 Å². The molecule has 0 aliphatic rings. The fourth-order valence-corrected chi connectivity index (χ4v) is 3.43. The molecule has 3 rings (SSSR count). The molecule has 0 fully saturated rings. The number of allylic oxidation sites excluding steroid dienone is 2. The molecule has 0 radical (unpaired) electrons. The van der Waals surface area contributed by atoms with Crippen molar-refractivity contribution in [3.63, 3.8) is 0 Å². The van der Waals surface area contributed by atoms with Crippen LogP contribution in [0.25, 0.3) is 16.9 Å². The van der Waals surface area contributed by atoms with Crippen LogP contribution in [0.2, 0.25) is 5.02 Å². The summed E-state index contributed by atoms with van der Waals surface area (Å²) in [6.45, 7) is 6.19. The zero-order chi connectivity index (χ0) is 21.0. The van der Waals surface area contributed by atoms with E-state index in [1.54, 1.807) is 18.2 Å². The van der Waals surface area contributed by atoms with Crippen molar-refractivity contribution >= 4 is 28.5 Å². The zero-order valence-electron chi connectivity index (χ0n) is 16.2. The summed E-state index contributed by atoms with van der Waals surface area (Å²) in [5, 5.41) is 0.523. The van der Waals surface area contributed by atoms with Gasteiger partial charge in [-0.15, -0.1) is 0 Å². The SMILES string of the molecule is C=C(/C(=C(\ON)c1ccc(OC)cc1F)c1ccccc1C)c1ccccc1Cl. The van der Waals surface area contributed by atoms with Crippen LogP contribution in [-0.2, 0) is 4.84 Å². The van der Waals surface area contributed by atoms with E-state index < -0.39 is 5.82 Å². The van der Waals surface area contributed by atoms with Crippen LogP contribution in [0.3, 0.4) is 0 Å². The highest BCUT2D eigenvalue weighted by molar-refractivity contribution is 6.33. The molecule has 3 nitrogen and oxygen atoms in total. The Morgan fingerprint density at radius 3 is 2.21 bits per heavy atom. The van der Waals surface area contributed by atoms with Gasteiger partial charge in [0, 0.05) is 22.2 Å². The van der Waals surface area contributed by atoms with E-state index in [-0.39, 0.29) is 11.3 Å². The number of benzene rings is 3. The van der Waals surface area contributed by atoms with Crippen LogP contribution < -0.4 is 10.6 Å². The summed E-state index contributed by atoms with van der Waals surface area (Å²) in [7, 11) is 1.47. The highest BCUT2D eigenvalue weighted by atomic mass is 35.5. The van der Waals surface area contributed by atoms with Gasteiger partial charge in [-0.25, -0.2) is 4.39 Å². The first-order valence-electron chi connectivity index (χ1n) is 8.93. The lowest BCUT2D eigenvalue weighted by Crippen LogP contribution is -2.06. The van der Waals surface area contributed by atoms with E-state index in [0.29, 0.717) is 27.5 Å². The molecule has 148 valence electrons. The topological polar surface area (TPSA) is 44.5 Å². The monoisotopic (exact) mass is 409 g/mol. The van der Waals surface area contributed by atoms with E-state index in [0.717, 1.165) is 11.1 Å². The normalized spacial score (nSPS) is 11.6. The summed E-state index contributed by atoms with van der Waals surface area (Å²) >= 11 is 6.41. The van der Waals surface area contributed by atoms with Crippen LogP contribution >= 0.6 is 11.6 Å². The molecule has 0 unspecified atom stereocenters. The van der Waals surface area contributed by atoms with Gasteiger partial charge in [0.05, 0.1) is 12.7 Å². The number of methoxy groups -OCH3 is 1. The number of rotatable bonds is 6. The molecule has 5 heteroatoms. The van der Waals surface area contributed by atoms with Gasteiger partial charge in [-0.2, -0.15) is 5.90 Å². The van der Waals surface area contributed by atoms with E-state index in [2.05, 4.69) is 6.58 Å². The molecular weight excluding hydrogens is 389 g/mol. The smallest absolute Gasteiger partial charge is 0.165 e. The Bertz CT molecular complexity index is 1090. The lowest BCUT2D eigenvalue weighted by Gasteiger charge is -2.19. The average molecular weight is 410 g/mol. The lowest BCUT2D eigenvalue weighted by atomic mass is 9.88. The van der Waals surface area contributed by atoms with Gasteiger partial charge in [-0.05, 0) is 41.8 Å². The van der Waals surface area contributed by atoms with Crippen LogP contribution in [0.15, 0.2) is 73.3 Å². The molecule has 0 atom stereocenters. The van der Waals surface area contributed by atoms with Crippen molar-refractivity contribution in [2.24, 2.45) is 5.90 Å². The average Bonchev–Trinajstić information content (AvgIpc) is 2.73. The first-order chi connectivity index (χ1) is 14.0. The molecule has 2 N–H and O–H groups in total. The van der Waals surface area contributed by atoms with Gasteiger partial charge < -0.3 is 9.57 Å². The van der Waals surface area contributed by atoms with Crippen molar-refractivity contribution in [1.82, 2.24) is 0 Å². The van der Waals surface area contributed by atoms with Crippen LogP contribution in [0, 0.1) is 12.7 Å². The molecule has 0 heterocycles. The van der Waals surface area contributed by atoms with E-state index in [1.165, 1.54) is 13.2 Å². The van der Waals surface area contributed by atoms with Crippen molar-refractivity contribution < 1.29 is 14.0 Å². The molecule has 0 amide bonds. The summed E-state index contributed by atoms with van der Waals surface area (Å²) in [4.78, 5) is 5.24. The third-order valence-corrected chi connectivity index (χ3v) is 5.01. The Hall–Kier alpha value is -3.08. The largest absolute Gasteiger partial charge is 0.497 e. The molecule has 0 saturated heterocycles. The number of halogens is 2. The van der Waals surface area contributed by atoms with Gasteiger partial charge in [-0.1, -0.05) is 60.6 Å². The van der Waals surface area contributed by atoms with Gasteiger partial charge in [0.15, 0.2) is 5.76 Å². The first kappa shape index (κ1) is 20.6. The summed E-state index contributed by atoms with van der Waals surface area (Å²) in [5.74, 6) is 5.68. The second-order valence-electron chi connectivity index (χ2n) is 6.44. The molecule has 0 aromatic heterocycles. The van der Waals surface area contributed by atoms with Crippen LogP contribution in [-0.4, -0.2) is 7.11 Å². The number of hydrogen-bond acceptors (Lipinski definition) is 3. The number of ether oxygens (including phenoxy) is 1. The highest BCUT2D eigenvalue weighted by Gasteiger charge is 2.22. The lowest BCUT2D eigenvalue weighted by molar-refractivity contribution is 0.290. The van der Waals surface area contributed by atoms with Crippen molar-refractivity contribution in [2.45, 2.75) is 6.92 Å². The predicted molar refractivity (Wildman–Crippen MR) is 117 cm³/mol. The van der Waals surface area contributed by atoms with E-state index in [4.69, 9.17) is 27.1 Å². The highest BCUT2D eigenvalue weighted by Crippen LogP contribution is 2.40. The maximum absolute atomic E-state index is 14.9. The number of nitrogens with two attached hydrogens (primary N) is 1. The van der Waals surface area contributed by atoms with Gasteiger partial charge in [0.2, 0.25) is 0 Å². The molecule has 0 bridgehead atoms. The van der Waals surface area contributed by atoms with Crippen molar-refractivity contribution in [3.8, 4) is 5.75 Å². The molecule has 0 aliphatic carbocycles. The molecular formula is C24H21ClFNO2. The number of hydrogen-bond donors (Lipinski definition) is 1. The Kier molecular flexibility index (Phi) is 6.37. The molecule has 3 aromatic rings. The van der Waals surface area contributed by atoms with Gasteiger partial charge >= 0.3 is 0 Å². The van der Waals surface area contributed by atoms with Crippen molar-refractivity contribution in [3.05, 3.63) is 106 Å². The molecule has 0 saturated carbocycles. The van der Waals surface area contributed by atoms with Gasteiger partial charge in [-0.3, -0.25) is 0 Å². The molecule has 0 aliphatic heterocycles. The minimum absolute atomic E-state index is 0.157. The van der Waals surface area contributed by atoms with Gasteiger partial charge in [0.1, 0.15) is 11.6 Å². The summed E-state index contributed by atoms with van der Waals surface area (Å²) < 4.78 is 20.0. The standard InChI is InChI=1S/C24H21ClFNO2/c1-15-8-4-5-9-18(15)23(16(2)19-10-6-7-11-21(19)25)24(29-27)20-13-12-17(28-3)14-22(20)26/h4-14H,2,27H2,1,3H3/b24-23+. The van der Waals surface area contributed by atoms with E-state index in [9.17, 15) is 4.39 Å². The van der Waals surface area contributed by atoms with Crippen molar-refractivity contribution in [1.29, 1.82) is 0 Å². The van der Waals surface area contributed by atoms with Crippen molar-refractivity contribution in [2.75, 3.05) is 7.11 Å². The van der Waals surface area contributed by atoms with Crippen LogP contribution in [0.1, 0.15) is 22.3 Å². The molecule has 29 heavy (non-hydrogen) atoms. The Balaban J connectivity index is 2.33. The summed E-state index contributed by atoms with van der Waals surface area (Å²) in [5.41, 5.74) is 3.80. The third kappa shape index (κ3) is 4.19. The molecule has 3 aromatic carbocycles. The second kappa shape index (κ2) is 8.95. The van der Waals surface area contributed by atoms with E-state index in [1.807, 2.05) is 49.4 Å². The fraction of sp³-hybridized carbons (Fsp3) is 0.0833. The zero-order valence-corrected chi connectivity index (χ0v) is 17.0. The minimum atomic E-state index is -0.525. The van der Waals surface area contributed by atoms with Crippen LogP contribution in [0.5, 0.6) is 5.75 Å². The predicted octanol–water partition coefficient (Wildman–Crippen LogP) is 6.27. The third-order valence-electron chi connectivity index (χ3n) is 4.68. The summed E-state index contributed by atoms with van der Waals surface area (Å²) in [6.07, 6.45) is 0. The van der Waals surface area contributed by atoms with E-state index >= 15 is 0 Å². The number of aryl methyl sites for hydroxylation is 1. The fourth-order valence-electron chi connectivity index (χ4n) is 3.18. The maximum Gasteiger partial charge on any atom is 0.165 e. The second-order valence-corrected chi connectivity index (χ2v) is 6.85. The van der Waals surface area contributed by atoms with Crippen LogP contribution in [0.4, 0.5) is 4.39 Å². The maximum atomic E-state index is 14.9. The molecule has 0 spiro atoms. The Morgan fingerprint density at radius 2 is 1.62 bits per heavy atom. The Labute approximate surface area is 174 Å².